The van der Waals surface area contributed by atoms with E-state index in [2.05, 4.69) is 14.9 Å². The number of rotatable bonds is 6. The van der Waals surface area contributed by atoms with Gasteiger partial charge in [0.15, 0.2) is 0 Å². The van der Waals surface area contributed by atoms with Gasteiger partial charge in [-0.05, 0) is 25.2 Å². The van der Waals surface area contributed by atoms with E-state index in [1.54, 1.807) is 6.20 Å². The molecule has 200 valence electrons. The number of aromatic nitrogens is 2. The van der Waals surface area contributed by atoms with E-state index in [4.69, 9.17) is 0 Å². The Balaban J connectivity index is 1.43. The number of para-hydroxylation sites is 1. The van der Waals surface area contributed by atoms with E-state index >= 15 is 0 Å². The maximum absolute atomic E-state index is 13.8. The van der Waals surface area contributed by atoms with E-state index in [0.29, 0.717) is 43.2 Å². The number of hydrogen-bond acceptors (Lipinski definition) is 9. The van der Waals surface area contributed by atoms with Crippen molar-refractivity contribution in [3.8, 4) is 5.69 Å². The molecule has 0 atom stereocenters. The minimum absolute atomic E-state index is 0.106. The monoisotopic (exact) mass is 539 g/mol. The lowest BCUT2D eigenvalue weighted by atomic mass is 10.2. The van der Waals surface area contributed by atoms with Gasteiger partial charge in [0.25, 0.3) is 11.2 Å². The van der Waals surface area contributed by atoms with Gasteiger partial charge in [-0.1, -0.05) is 24.3 Å². The molecule has 3 aromatic rings. The third kappa shape index (κ3) is 4.99. The summed E-state index contributed by atoms with van der Waals surface area (Å²) in [5, 5.41) is 15.6. The SMILES string of the molecule is CN1CCN(c2c(N3CCN(S(=O)(=O)c4cccc([N+](=O)[O-])c4)CC3)cnn(-c3ccccc3)c2=O)CC1. The molecule has 2 saturated heterocycles. The van der Waals surface area contributed by atoms with Crippen LogP contribution in [0.15, 0.2) is 70.5 Å². The summed E-state index contributed by atoms with van der Waals surface area (Å²) in [4.78, 5) is 30.5. The summed E-state index contributed by atoms with van der Waals surface area (Å²) in [5.41, 5.74) is 1.43. The molecule has 0 saturated carbocycles. The highest BCUT2D eigenvalue weighted by molar-refractivity contribution is 7.89. The Morgan fingerprint density at radius 2 is 1.53 bits per heavy atom. The first-order valence-corrected chi connectivity index (χ1v) is 13.8. The lowest BCUT2D eigenvalue weighted by Crippen LogP contribution is -2.51. The van der Waals surface area contributed by atoms with Gasteiger partial charge in [-0.3, -0.25) is 14.9 Å². The first-order chi connectivity index (χ1) is 18.3. The highest BCUT2D eigenvalue weighted by atomic mass is 32.2. The second kappa shape index (κ2) is 10.5. The van der Waals surface area contributed by atoms with Gasteiger partial charge in [0, 0.05) is 64.5 Å². The van der Waals surface area contributed by atoms with Crippen molar-refractivity contribution < 1.29 is 13.3 Å². The Morgan fingerprint density at radius 3 is 2.18 bits per heavy atom. The molecule has 5 rings (SSSR count). The average molecular weight is 540 g/mol. The summed E-state index contributed by atoms with van der Waals surface area (Å²) < 4.78 is 29.2. The highest BCUT2D eigenvalue weighted by Crippen LogP contribution is 2.29. The molecule has 3 heterocycles. The molecule has 2 aromatic carbocycles. The molecule has 0 N–H and O–H groups in total. The Morgan fingerprint density at radius 1 is 0.868 bits per heavy atom. The molecule has 2 aliphatic rings. The van der Waals surface area contributed by atoms with Gasteiger partial charge in [-0.2, -0.15) is 14.1 Å². The second-order valence-electron chi connectivity index (χ2n) is 9.37. The van der Waals surface area contributed by atoms with Crippen LogP contribution < -0.4 is 15.4 Å². The number of nitro groups is 1. The molecule has 12 nitrogen and oxygen atoms in total. The number of hydrogen-bond donors (Lipinski definition) is 0. The average Bonchev–Trinajstić information content (AvgIpc) is 2.94. The van der Waals surface area contributed by atoms with Crippen molar-refractivity contribution >= 4 is 27.1 Å². The summed E-state index contributed by atoms with van der Waals surface area (Å²) in [6.45, 7) is 4.08. The molecule has 0 bridgehead atoms. The van der Waals surface area contributed by atoms with Crippen molar-refractivity contribution in [2.45, 2.75) is 4.90 Å². The molecule has 0 spiro atoms. The van der Waals surface area contributed by atoms with E-state index in [9.17, 15) is 23.3 Å². The van der Waals surface area contributed by atoms with Crippen molar-refractivity contribution in [3.05, 3.63) is 81.3 Å². The third-order valence-electron chi connectivity index (χ3n) is 7.00. The fraction of sp³-hybridized carbons (Fsp3) is 0.360. The Labute approximate surface area is 220 Å². The first kappa shape index (κ1) is 25.8. The van der Waals surface area contributed by atoms with E-state index in [0.717, 1.165) is 19.2 Å². The fourth-order valence-corrected chi connectivity index (χ4v) is 6.29. The largest absolute Gasteiger partial charge is 0.366 e. The molecule has 2 fully saturated rings. The van der Waals surface area contributed by atoms with Crippen LogP contribution in [0.1, 0.15) is 0 Å². The molecule has 0 aliphatic carbocycles. The van der Waals surface area contributed by atoms with Gasteiger partial charge in [-0.15, -0.1) is 0 Å². The fourth-order valence-electron chi connectivity index (χ4n) is 4.82. The van der Waals surface area contributed by atoms with E-state index < -0.39 is 14.9 Å². The maximum Gasteiger partial charge on any atom is 0.297 e. The lowest BCUT2D eigenvalue weighted by Gasteiger charge is -2.39. The van der Waals surface area contributed by atoms with Gasteiger partial charge in [-0.25, -0.2) is 8.42 Å². The van der Waals surface area contributed by atoms with Crippen LogP contribution in [-0.2, 0) is 10.0 Å². The van der Waals surface area contributed by atoms with E-state index in [-0.39, 0.29) is 29.2 Å². The molecular weight excluding hydrogens is 510 g/mol. The third-order valence-corrected chi connectivity index (χ3v) is 8.89. The van der Waals surface area contributed by atoms with Crippen LogP contribution in [0.3, 0.4) is 0 Å². The molecule has 1 aromatic heterocycles. The predicted octanol–water partition coefficient (Wildman–Crippen LogP) is 1.40. The quantitative estimate of drug-likeness (QED) is 0.338. The minimum Gasteiger partial charge on any atom is -0.366 e. The first-order valence-electron chi connectivity index (χ1n) is 12.4. The van der Waals surface area contributed by atoms with Crippen molar-refractivity contribution in [3.63, 3.8) is 0 Å². The van der Waals surface area contributed by atoms with Gasteiger partial charge >= 0.3 is 0 Å². The second-order valence-corrected chi connectivity index (χ2v) is 11.3. The Hall–Kier alpha value is -3.81. The van der Waals surface area contributed by atoms with Gasteiger partial charge in [0.2, 0.25) is 10.0 Å². The van der Waals surface area contributed by atoms with Crippen molar-refractivity contribution in [2.75, 3.05) is 69.2 Å². The summed E-state index contributed by atoms with van der Waals surface area (Å²) in [6, 6.07) is 14.3. The van der Waals surface area contributed by atoms with Crippen LogP contribution >= 0.6 is 0 Å². The zero-order valence-corrected chi connectivity index (χ0v) is 21.8. The van der Waals surface area contributed by atoms with Crippen LogP contribution in [0.5, 0.6) is 0 Å². The number of benzene rings is 2. The Bertz CT molecular complexity index is 1480. The number of sulfonamides is 1. The Kier molecular flexibility index (Phi) is 7.15. The number of anilines is 2. The topological polar surface area (TPSA) is 125 Å². The lowest BCUT2D eigenvalue weighted by molar-refractivity contribution is -0.385. The van der Waals surface area contributed by atoms with Crippen molar-refractivity contribution in [1.82, 2.24) is 19.0 Å². The molecular formula is C25H29N7O5S. The molecule has 2 aliphatic heterocycles. The van der Waals surface area contributed by atoms with Crippen LogP contribution in [0, 0.1) is 10.1 Å². The molecule has 0 unspecified atom stereocenters. The number of nitrogens with zero attached hydrogens (tertiary/aromatic N) is 7. The van der Waals surface area contributed by atoms with Crippen LogP contribution in [0.2, 0.25) is 0 Å². The van der Waals surface area contributed by atoms with Gasteiger partial charge < -0.3 is 14.7 Å². The highest BCUT2D eigenvalue weighted by Gasteiger charge is 2.32. The van der Waals surface area contributed by atoms with E-state index in [1.165, 1.54) is 27.2 Å². The summed E-state index contributed by atoms with van der Waals surface area (Å²) in [5.74, 6) is 0. The molecule has 0 radical (unpaired) electrons. The summed E-state index contributed by atoms with van der Waals surface area (Å²) in [6.07, 6.45) is 1.69. The van der Waals surface area contributed by atoms with E-state index in [1.807, 2.05) is 42.3 Å². The van der Waals surface area contributed by atoms with Gasteiger partial charge in [0.05, 0.1) is 27.4 Å². The molecule has 13 heteroatoms. The van der Waals surface area contributed by atoms with Crippen LogP contribution in [0.25, 0.3) is 5.69 Å². The zero-order chi connectivity index (χ0) is 26.9. The normalized spacial score (nSPS) is 17.5. The van der Waals surface area contributed by atoms with Crippen LogP contribution in [-0.4, -0.2) is 91.7 Å². The number of likely N-dealkylation sites (N-methyl/N-ethyl adjacent to an activating group) is 1. The molecule has 38 heavy (non-hydrogen) atoms. The zero-order valence-electron chi connectivity index (χ0n) is 21.0. The number of non-ortho nitro benzene ring substituents is 1. The smallest absolute Gasteiger partial charge is 0.297 e. The summed E-state index contributed by atoms with van der Waals surface area (Å²) >= 11 is 0. The molecule has 0 amide bonds. The van der Waals surface area contributed by atoms with Crippen molar-refractivity contribution in [1.29, 1.82) is 0 Å². The van der Waals surface area contributed by atoms with Gasteiger partial charge in [0.1, 0.15) is 5.69 Å². The number of piperazine rings is 2. The van der Waals surface area contributed by atoms with Crippen molar-refractivity contribution in [2.24, 2.45) is 0 Å². The predicted molar refractivity (Wildman–Crippen MR) is 144 cm³/mol. The maximum atomic E-state index is 13.8. The standard InChI is InChI=1S/C25H29N7O5S/c1-27-10-12-29(13-11-27)24-23(19-26-31(25(24)33)20-6-3-2-4-7-20)28-14-16-30(17-15-28)38(36,37)22-9-5-8-21(18-22)32(34)35/h2-9,18-19H,10-17H2,1H3. The number of nitro benzene ring substituents is 1. The van der Waals surface area contributed by atoms with Crippen LogP contribution in [0.4, 0.5) is 17.1 Å². The minimum atomic E-state index is -3.91. The summed E-state index contributed by atoms with van der Waals surface area (Å²) in [7, 11) is -1.86.